The highest BCUT2D eigenvalue weighted by molar-refractivity contribution is 5.76. The molecular weight excluding hydrogens is 154 g/mol. The Hall–Kier alpha value is -0.830. The number of carboxylic acid groups (broad SMARTS) is 1. The maximum atomic E-state index is 10.5. The Balaban J connectivity index is 0.000000561. The van der Waals surface area contributed by atoms with Crippen molar-refractivity contribution in [2.45, 2.75) is 26.8 Å². The summed E-state index contributed by atoms with van der Waals surface area (Å²) in [5.41, 5.74) is 0. The zero-order valence-corrected chi connectivity index (χ0v) is 7.95. The smallest absolute Gasteiger partial charge is 0.324 e. The average Bonchev–Trinajstić information content (AvgIpc) is 2.55. The summed E-state index contributed by atoms with van der Waals surface area (Å²) in [6, 6.07) is -0.384. The predicted octanol–water partition coefficient (Wildman–Crippen LogP) is 1.36. The van der Waals surface area contributed by atoms with E-state index in [4.69, 9.17) is 5.11 Å². The van der Waals surface area contributed by atoms with Gasteiger partial charge in [-0.15, -0.1) is 0 Å². The van der Waals surface area contributed by atoms with Crippen LogP contribution in [-0.2, 0) is 4.79 Å². The second-order valence-corrected chi connectivity index (χ2v) is 2.30. The van der Waals surface area contributed by atoms with E-state index in [-0.39, 0.29) is 6.04 Å². The number of nitrogens with zero attached hydrogens (tertiary/aromatic N) is 1. The van der Waals surface area contributed by atoms with Crippen molar-refractivity contribution in [3.05, 3.63) is 12.2 Å². The molecule has 1 rings (SSSR count). The number of hydrogen-bond acceptors (Lipinski definition) is 2. The number of carbonyl (C=O) groups is 1. The first-order valence-corrected chi connectivity index (χ1v) is 4.39. The molecule has 0 fully saturated rings. The van der Waals surface area contributed by atoms with E-state index in [1.165, 1.54) is 0 Å². The molecule has 0 aromatic carbocycles. The predicted molar refractivity (Wildman–Crippen MR) is 49.2 cm³/mol. The summed E-state index contributed by atoms with van der Waals surface area (Å²) >= 11 is 0. The highest BCUT2D eigenvalue weighted by atomic mass is 16.4. The maximum Gasteiger partial charge on any atom is 0.324 e. The molecule has 0 spiro atoms. The Kier molecular flexibility index (Phi) is 5.37. The van der Waals surface area contributed by atoms with Gasteiger partial charge in [-0.25, -0.2) is 0 Å². The molecule has 70 valence electrons. The molecule has 3 heteroatoms. The molecule has 1 N–H and O–H groups in total. The van der Waals surface area contributed by atoms with Crippen molar-refractivity contribution in [2.75, 3.05) is 13.1 Å². The Morgan fingerprint density at radius 2 is 2.25 bits per heavy atom. The SMILES string of the molecule is CC.CCN1CC=CC1C(=O)O. The Bertz CT molecular complexity index is 166. The molecule has 1 atom stereocenters. The van der Waals surface area contributed by atoms with E-state index in [0.717, 1.165) is 13.1 Å². The molecule has 0 aliphatic carbocycles. The molecule has 1 aliphatic rings. The minimum absolute atomic E-state index is 0.384. The standard InChI is InChI=1S/C7H11NO2.C2H6/c1-2-8-5-3-4-6(8)7(9)10;1-2/h3-4,6H,2,5H2,1H3,(H,9,10);1-2H3. The lowest BCUT2D eigenvalue weighted by Gasteiger charge is -2.17. The fraction of sp³-hybridized carbons (Fsp3) is 0.667. The van der Waals surface area contributed by atoms with Gasteiger partial charge in [0, 0.05) is 6.54 Å². The van der Waals surface area contributed by atoms with E-state index < -0.39 is 5.97 Å². The summed E-state index contributed by atoms with van der Waals surface area (Å²) in [6.45, 7) is 7.53. The summed E-state index contributed by atoms with van der Waals surface area (Å²) in [6.07, 6.45) is 3.62. The first-order chi connectivity index (χ1) is 5.75. The summed E-state index contributed by atoms with van der Waals surface area (Å²) in [5.74, 6) is -0.754. The van der Waals surface area contributed by atoms with E-state index >= 15 is 0 Å². The van der Waals surface area contributed by atoms with Gasteiger partial charge in [-0.2, -0.15) is 0 Å². The molecular formula is C9H17NO2. The summed E-state index contributed by atoms with van der Waals surface area (Å²) in [4.78, 5) is 12.4. The van der Waals surface area contributed by atoms with E-state index in [1.54, 1.807) is 6.08 Å². The molecule has 12 heavy (non-hydrogen) atoms. The van der Waals surface area contributed by atoms with Gasteiger partial charge >= 0.3 is 5.97 Å². The second-order valence-electron chi connectivity index (χ2n) is 2.30. The lowest BCUT2D eigenvalue weighted by molar-refractivity contribution is -0.140. The zero-order chi connectivity index (χ0) is 9.56. The van der Waals surface area contributed by atoms with Crippen LogP contribution in [0.4, 0.5) is 0 Å². The van der Waals surface area contributed by atoms with Gasteiger partial charge in [0.15, 0.2) is 0 Å². The lowest BCUT2D eigenvalue weighted by Crippen LogP contribution is -2.35. The normalized spacial score (nSPS) is 21.8. The van der Waals surface area contributed by atoms with Gasteiger partial charge in [0.05, 0.1) is 0 Å². The van der Waals surface area contributed by atoms with Crippen LogP contribution in [0.3, 0.4) is 0 Å². The number of rotatable bonds is 2. The van der Waals surface area contributed by atoms with Crippen molar-refractivity contribution >= 4 is 5.97 Å². The largest absolute Gasteiger partial charge is 0.480 e. The minimum atomic E-state index is -0.754. The second kappa shape index (κ2) is 5.77. The van der Waals surface area contributed by atoms with Gasteiger partial charge in [0.1, 0.15) is 6.04 Å². The fourth-order valence-electron chi connectivity index (χ4n) is 1.12. The molecule has 0 aromatic rings. The third kappa shape index (κ3) is 2.66. The van der Waals surface area contributed by atoms with Crippen LogP contribution < -0.4 is 0 Å². The first-order valence-electron chi connectivity index (χ1n) is 4.39. The summed E-state index contributed by atoms with van der Waals surface area (Å²) < 4.78 is 0. The maximum absolute atomic E-state index is 10.5. The van der Waals surface area contributed by atoms with Gasteiger partial charge in [0.2, 0.25) is 0 Å². The Morgan fingerprint density at radius 3 is 2.58 bits per heavy atom. The van der Waals surface area contributed by atoms with Gasteiger partial charge in [-0.3, -0.25) is 9.69 Å². The van der Waals surface area contributed by atoms with Crippen LogP contribution in [0, 0.1) is 0 Å². The van der Waals surface area contributed by atoms with Crippen LogP contribution in [0.5, 0.6) is 0 Å². The highest BCUT2D eigenvalue weighted by Gasteiger charge is 2.23. The Morgan fingerprint density at radius 1 is 1.67 bits per heavy atom. The van der Waals surface area contributed by atoms with Gasteiger partial charge < -0.3 is 5.11 Å². The summed E-state index contributed by atoms with van der Waals surface area (Å²) in [5, 5.41) is 8.62. The fourth-order valence-corrected chi connectivity index (χ4v) is 1.12. The van der Waals surface area contributed by atoms with Crippen molar-refractivity contribution in [1.82, 2.24) is 4.90 Å². The number of likely N-dealkylation sites (N-methyl/N-ethyl adjacent to an activating group) is 1. The number of aliphatic carboxylic acids is 1. The molecule has 0 aromatic heterocycles. The van der Waals surface area contributed by atoms with Crippen LogP contribution in [0.15, 0.2) is 12.2 Å². The molecule has 0 amide bonds. The quantitative estimate of drug-likeness (QED) is 0.638. The summed E-state index contributed by atoms with van der Waals surface area (Å²) in [7, 11) is 0. The van der Waals surface area contributed by atoms with E-state index in [2.05, 4.69) is 0 Å². The molecule has 0 radical (unpaired) electrons. The van der Waals surface area contributed by atoms with Gasteiger partial charge in [-0.05, 0) is 6.54 Å². The van der Waals surface area contributed by atoms with E-state index in [1.807, 2.05) is 31.7 Å². The van der Waals surface area contributed by atoms with E-state index in [9.17, 15) is 4.79 Å². The average molecular weight is 171 g/mol. The number of carboxylic acids is 1. The minimum Gasteiger partial charge on any atom is -0.480 e. The molecule has 1 heterocycles. The van der Waals surface area contributed by atoms with Crippen LogP contribution in [0.25, 0.3) is 0 Å². The van der Waals surface area contributed by atoms with Crippen LogP contribution in [0.1, 0.15) is 20.8 Å². The van der Waals surface area contributed by atoms with Crippen molar-refractivity contribution in [3.8, 4) is 0 Å². The molecule has 0 saturated heterocycles. The lowest BCUT2D eigenvalue weighted by atomic mass is 10.3. The van der Waals surface area contributed by atoms with Gasteiger partial charge in [-0.1, -0.05) is 32.9 Å². The monoisotopic (exact) mass is 171 g/mol. The first kappa shape index (κ1) is 11.2. The van der Waals surface area contributed by atoms with E-state index in [0.29, 0.717) is 0 Å². The van der Waals surface area contributed by atoms with Crippen molar-refractivity contribution in [1.29, 1.82) is 0 Å². The molecule has 0 saturated carbocycles. The van der Waals surface area contributed by atoms with Crippen LogP contribution in [0.2, 0.25) is 0 Å². The van der Waals surface area contributed by atoms with Gasteiger partial charge in [0.25, 0.3) is 0 Å². The third-order valence-electron chi connectivity index (χ3n) is 1.71. The van der Waals surface area contributed by atoms with Crippen molar-refractivity contribution < 1.29 is 9.90 Å². The molecule has 3 nitrogen and oxygen atoms in total. The topological polar surface area (TPSA) is 40.5 Å². The van der Waals surface area contributed by atoms with Crippen LogP contribution >= 0.6 is 0 Å². The number of hydrogen-bond donors (Lipinski definition) is 1. The molecule has 1 aliphatic heterocycles. The van der Waals surface area contributed by atoms with Crippen molar-refractivity contribution in [2.24, 2.45) is 0 Å². The zero-order valence-electron chi connectivity index (χ0n) is 7.95. The van der Waals surface area contributed by atoms with Crippen molar-refractivity contribution in [3.63, 3.8) is 0 Å². The highest BCUT2D eigenvalue weighted by Crippen LogP contribution is 2.08. The molecule has 1 unspecified atom stereocenters. The third-order valence-corrected chi connectivity index (χ3v) is 1.71. The molecule has 0 bridgehead atoms. The van der Waals surface area contributed by atoms with Crippen LogP contribution in [-0.4, -0.2) is 35.1 Å². The Labute approximate surface area is 73.7 Å².